The molecule has 0 radical (unpaired) electrons. The maximum atomic E-state index is 5.82. The highest BCUT2D eigenvalue weighted by Gasteiger charge is 2.22. The molecule has 0 fully saturated rings. The van der Waals surface area contributed by atoms with Crippen molar-refractivity contribution >= 4 is 5.69 Å². The van der Waals surface area contributed by atoms with Gasteiger partial charge < -0.3 is 15.2 Å². The van der Waals surface area contributed by atoms with Crippen molar-refractivity contribution in [3.8, 4) is 11.5 Å². The van der Waals surface area contributed by atoms with Crippen LogP contribution in [0, 0.1) is 0 Å². The molecule has 1 aliphatic rings. The topological polar surface area (TPSA) is 44.5 Å². The molecule has 0 aromatic heterocycles. The molecule has 0 aliphatic carbocycles. The normalized spacial score (nSPS) is 17.0. The summed E-state index contributed by atoms with van der Waals surface area (Å²) in [5.41, 5.74) is 7.73. The zero-order valence-corrected chi connectivity index (χ0v) is 10.0. The first-order valence-corrected chi connectivity index (χ1v) is 6.05. The lowest BCUT2D eigenvalue weighted by Gasteiger charge is -2.13. The number of hydrogen-bond donors (Lipinski definition) is 1. The van der Waals surface area contributed by atoms with Crippen LogP contribution in [0.4, 0.5) is 5.69 Å². The van der Waals surface area contributed by atoms with Crippen LogP contribution in [0.1, 0.15) is 5.56 Å². The van der Waals surface area contributed by atoms with Crippen LogP contribution in [-0.2, 0) is 6.42 Å². The molecule has 3 nitrogen and oxygen atoms in total. The third-order valence-corrected chi connectivity index (χ3v) is 3.06. The fourth-order valence-corrected chi connectivity index (χ4v) is 2.14. The van der Waals surface area contributed by atoms with Crippen molar-refractivity contribution in [1.82, 2.24) is 0 Å². The summed E-state index contributed by atoms with van der Waals surface area (Å²) in [6.45, 7) is 0.517. The summed E-state index contributed by atoms with van der Waals surface area (Å²) < 4.78 is 11.5. The maximum absolute atomic E-state index is 5.82. The minimum absolute atomic E-state index is 0.0713. The zero-order chi connectivity index (χ0) is 12.4. The van der Waals surface area contributed by atoms with Crippen molar-refractivity contribution in [2.45, 2.75) is 12.5 Å². The first-order valence-electron chi connectivity index (χ1n) is 6.05. The lowest BCUT2D eigenvalue weighted by molar-refractivity contribution is 0.149. The van der Waals surface area contributed by atoms with Crippen molar-refractivity contribution in [1.29, 1.82) is 0 Å². The van der Waals surface area contributed by atoms with Gasteiger partial charge in [-0.1, -0.05) is 30.3 Å². The molecule has 3 heteroatoms. The van der Waals surface area contributed by atoms with Crippen molar-refractivity contribution in [2.75, 3.05) is 12.3 Å². The number of rotatable bonds is 3. The number of benzene rings is 2. The quantitative estimate of drug-likeness (QED) is 0.840. The first kappa shape index (κ1) is 11.0. The van der Waals surface area contributed by atoms with Crippen LogP contribution < -0.4 is 15.2 Å². The Balaban J connectivity index is 1.62. The summed E-state index contributed by atoms with van der Waals surface area (Å²) in [5, 5.41) is 0. The predicted molar refractivity (Wildman–Crippen MR) is 70.9 cm³/mol. The summed E-state index contributed by atoms with van der Waals surface area (Å²) in [7, 11) is 0. The lowest BCUT2D eigenvalue weighted by Crippen LogP contribution is -2.22. The lowest BCUT2D eigenvalue weighted by atomic mass is 10.1. The minimum Gasteiger partial charge on any atom is -0.488 e. The maximum Gasteiger partial charge on any atom is 0.142 e. The molecule has 0 bridgehead atoms. The van der Waals surface area contributed by atoms with Gasteiger partial charge in [0.25, 0.3) is 0 Å². The average molecular weight is 241 g/mol. The van der Waals surface area contributed by atoms with Crippen molar-refractivity contribution in [3.05, 3.63) is 54.1 Å². The minimum atomic E-state index is 0.0713. The van der Waals surface area contributed by atoms with Gasteiger partial charge in [-0.2, -0.15) is 0 Å². The van der Waals surface area contributed by atoms with Crippen molar-refractivity contribution in [3.63, 3.8) is 0 Å². The number of ether oxygens (including phenoxy) is 2. The van der Waals surface area contributed by atoms with Crippen LogP contribution in [0.2, 0.25) is 0 Å². The van der Waals surface area contributed by atoms with E-state index in [1.807, 2.05) is 42.5 Å². The smallest absolute Gasteiger partial charge is 0.142 e. The zero-order valence-electron chi connectivity index (χ0n) is 10.0. The molecule has 1 heterocycles. The Morgan fingerprint density at radius 3 is 2.72 bits per heavy atom. The molecule has 0 saturated heterocycles. The van der Waals surface area contributed by atoms with Gasteiger partial charge in [-0.15, -0.1) is 0 Å². The number of nitrogens with two attached hydrogens (primary N) is 1. The number of nitrogen functional groups attached to an aromatic ring is 1. The van der Waals surface area contributed by atoms with Crippen molar-refractivity contribution in [2.24, 2.45) is 0 Å². The first-order chi connectivity index (χ1) is 8.83. The second-order valence-corrected chi connectivity index (χ2v) is 4.40. The summed E-state index contributed by atoms with van der Waals surface area (Å²) in [4.78, 5) is 0. The molecular weight excluding hydrogens is 226 g/mol. The molecule has 1 unspecified atom stereocenters. The van der Waals surface area contributed by atoms with Gasteiger partial charge in [0.1, 0.15) is 24.2 Å². The van der Waals surface area contributed by atoms with E-state index in [1.165, 1.54) is 5.56 Å². The van der Waals surface area contributed by atoms with Crippen LogP contribution in [0.5, 0.6) is 11.5 Å². The summed E-state index contributed by atoms with van der Waals surface area (Å²) in [6, 6.07) is 15.6. The van der Waals surface area contributed by atoms with Gasteiger partial charge in [-0.05, 0) is 23.8 Å². The highest BCUT2D eigenvalue weighted by molar-refractivity contribution is 5.51. The fraction of sp³-hybridized carbons (Fsp3) is 0.200. The highest BCUT2D eigenvalue weighted by atomic mass is 16.5. The van der Waals surface area contributed by atoms with E-state index in [0.29, 0.717) is 12.3 Å². The second-order valence-electron chi connectivity index (χ2n) is 4.40. The fourth-order valence-electron chi connectivity index (χ4n) is 2.14. The van der Waals surface area contributed by atoms with Gasteiger partial charge in [0.15, 0.2) is 0 Å². The molecule has 92 valence electrons. The third kappa shape index (κ3) is 2.12. The highest BCUT2D eigenvalue weighted by Crippen LogP contribution is 2.29. The van der Waals surface area contributed by atoms with Crippen LogP contribution in [-0.4, -0.2) is 12.7 Å². The second kappa shape index (κ2) is 4.61. The average Bonchev–Trinajstić information content (AvgIpc) is 2.80. The van der Waals surface area contributed by atoms with Gasteiger partial charge >= 0.3 is 0 Å². The van der Waals surface area contributed by atoms with Crippen LogP contribution in [0.15, 0.2) is 48.5 Å². The Bertz CT molecular complexity index is 529. The van der Waals surface area contributed by atoms with Gasteiger partial charge in [0, 0.05) is 6.42 Å². The molecule has 0 amide bonds. The van der Waals surface area contributed by atoms with E-state index < -0.39 is 0 Å². The van der Waals surface area contributed by atoms with Crippen molar-refractivity contribution < 1.29 is 9.47 Å². The van der Waals surface area contributed by atoms with Gasteiger partial charge in [0.05, 0.1) is 5.69 Å². The monoisotopic (exact) mass is 241 g/mol. The van der Waals surface area contributed by atoms with E-state index >= 15 is 0 Å². The Kier molecular flexibility index (Phi) is 2.81. The van der Waals surface area contributed by atoms with Gasteiger partial charge in [-0.25, -0.2) is 0 Å². The Morgan fingerprint density at radius 1 is 1.11 bits per heavy atom. The third-order valence-electron chi connectivity index (χ3n) is 3.06. The SMILES string of the molecule is Nc1ccccc1OCC1Cc2ccccc2O1. The van der Waals surface area contributed by atoms with E-state index in [-0.39, 0.29) is 6.10 Å². The van der Waals surface area contributed by atoms with Crippen LogP contribution >= 0.6 is 0 Å². The van der Waals surface area contributed by atoms with E-state index in [9.17, 15) is 0 Å². The molecule has 0 spiro atoms. The molecule has 3 rings (SSSR count). The number of para-hydroxylation sites is 3. The molecule has 2 N–H and O–H groups in total. The largest absolute Gasteiger partial charge is 0.488 e. The molecular formula is C15H15NO2. The van der Waals surface area contributed by atoms with Crippen LogP contribution in [0.3, 0.4) is 0 Å². The van der Waals surface area contributed by atoms with Gasteiger partial charge in [0.2, 0.25) is 0 Å². The molecule has 0 saturated carbocycles. The molecule has 1 atom stereocenters. The number of fused-ring (bicyclic) bond motifs is 1. The predicted octanol–water partition coefficient (Wildman–Crippen LogP) is 2.65. The van der Waals surface area contributed by atoms with Crippen LogP contribution in [0.25, 0.3) is 0 Å². The Hall–Kier alpha value is -2.16. The number of anilines is 1. The molecule has 2 aromatic rings. The molecule has 2 aromatic carbocycles. The Labute approximate surface area is 106 Å². The van der Waals surface area contributed by atoms with E-state index in [2.05, 4.69) is 6.07 Å². The summed E-state index contributed by atoms with van der Waals surface area (Å²) in [6.07, 6.45) is 0.963. The van der Waals surface area contributed by atoms with E-state index in [4.69, 9.17) is 15.2 Å². The van der Waals surface area contributed by atoms with E-state index in [0.717, 1.165) is 17.9 Å². The standard InChI is InChI=1S/C15H15NO2/c16-13-6-2-4-8-15(13)17-10-12-9-11-5-1-3-7-14(11)18-12/h1-8,12H,9-10,16H2. The number of hydrogen-bond acceptors (Lipinski definition) is 3. The summed E-state index contributed by atoms with van der Waals surface area (Å²) in [5.74, 6) is 1.68. The molecule has 18 heavy (non-hydrogen) atoms. The van der Waals surface area contributed by atoms with E-state index in [1.54, 1.807) is 0 Å². The summed E-state index contributed by atoms with van der Waals surface area (Å²) >= 11 is 0. The Morgan fingerprint density at radius 2 is 1.89 bits per heavy atom. The molecule has 1 aliphatic heterocycles. The van der Waals surface area contributed by atoms with Gasteiger partial charge in [-0.3, -0.25) is 0 Å².